The standard InChI is InChI=1S/C13H13N3O4/c1-15-7-10(12(19)16(2)13(15)20)11(18)14-8-4-3-5-9(17)6-8/h3-7,17H,1-2H3,(H,14,18). The van der Waals surface area contributed by atoms with Crippen molar-refractivity contribution in [1.29, 1.82) is 0 Å². The van der Waals surface area contributed by atoms with E-state index in [4.69, 9.17) is 0 Å². The lowest BCUT2D eigenvalue weighted by Crippen LogP contribution is -2.40. The van der Waals surface area contributed by atoms with E-state index < -0.39 is 17.2 Å². The predicted molar refractivity (Wildman–Crippen MR) is 73.0 cm³/mol. The smallest absolute Gasteiger partial charge is 0.330 e. The third kappa shape index (κ3) is 2.46. The molecular formula is C13H13N3O4. The molecule has 0 bridgehead atoms. The van der Waals surface area contributed by atoms with Gasteiger partial charge in [-0.05, 0) is 12.1 Å². The fraction of sp³-hybridized carbons (Fsp3) is 0.154. The molecular weight excluding hydrogens is 262 g/mol. The number of rotatable bonds is 2. The molecule has 2 aromatic rings. The SMILES string of the molecule is Cn1cc(C(=O)Nc2cccc(O)c2)c(=O)n(C)c1=O. The van der Waals surface area contributed by atoms with Crippen LogP contribution in [0.2, 0.25) is 0 Å². The Morgan fingerprint density at radius 2 is 1.95 bits per heavy atom. The van der Waals surface area contributed by atoms with Crippen molar-refractivity contribution in [1.82, 2.24) is 9.13 Å². The number of hydrogen-bond donors (Lipinski definition) is 2. The summed E-state index contributed by atoms with van der Waals surface area (Å²) in [6, 6.07) is 5.94. The van der Waals surface area contributed by atoms with Gasteiger partial charge in [-0.15, -0.1) is 0 Å². The number of hydrogen-bond acceptors (Lipinski definition) is 4. The summed E-state index contributed by atoms with van der Waals surface area (Å²) >= 11 is 0. The number of carbonyl (C=O) groups excluding carboxylic acids is 1. The van der Waals surface area contributed by atoms with Crippen LogP contribution < -0.4 is 16.6 Å². The molecule has 0 atom stereocenters. The number of benzene rings is 1. The number of amides is 1. The number of aromatic hydroxyl groups is 1. The fourth-order valence-corrected chi connectivity index (χ4v) is 1.75. The van der Waals surface area contributed by atoms with Gasteiger partial charge in [0.1, 0.15) is 11.3 Å². The first kappa shape index (κ1) is 13.6. The third-order valence-electron chi connectivity index (χ3n) is 2.80. The maximum atomic E-state index is 12.0. The monoisotopic (exact) mass is 275 g/mol. The first-order chi connectivity index (χ1) is 9.40. The van der Waals surface area contributed by atoms with Gasteiger partial charge in [-0.1, -0.05) is 6.07 Å². The largest absolute Gasteiger partial charge is 0.508 e. The van der Waals surface area contributed by atoms with E-state index in [1.54, 1.807) is 12.1 Å². The van der Waals surface area contributed by atoms with Crippen LogP contribution in [0.5, 0.6) is 5.75 Å². The summed E-state index contributed by atoms with van der Waals surface area (Å²) in [4.78, 5) is 35.4. The molecule has 0 fully saturated rings. The lowest BCUT2D eigenvalue weighted by Gasteiger charge is -2.08. The molecule has 0 unspecified atom stereocenters. The van der Waals surface area contributed by atoms with Crippen LogP contribution in [-0.4, -0.2) is 20.1 Å². The highest BCUT2D eigenvalue weighted by atomic mass is 16.3. The Bertz CT molecular complexity index is 789. The normalized spacial score (nSPS) is 10.3. The van der Waals surface area contributed by atoms with Gasteiger partial charge in [0.25, 0.3) is 11.5 Å². The lowest BCUT2D eigenvalue weighted by atomic mass is 10.2. The van der Waals surface area contributed by atoms with Crippen LogP contribution in [-0.2, 0) is 14.1 Å². The zero-order valence-electron chi connectivity index (χ0n) is 11.0. The molecule has 0 spiro atoms. The highest BCUT2D eigenvalue weighted by molar-refractivity contribution is 6.03. The van der Waals surface area contributed by atoms with E-state index in [0.29, 0.717) is 5.69 Å². The molecule has 0 aliphatic heterocycles. The molecule has 0 saturated heterocycles. The van der Waals surface area contributed by atoms with Crippen LogP contribution in [0.1, 0.15) is 10.4 Å². The topological polar surface area (TPSA) is 93.3 Å². The van der Waals surface area contributed by atoms with E-state index in [1.165, 1.54) is 32.4 Å². The summed E-state index contributed by atoms with van der Waals surface area (Å²) in [7, 11) is 2.75. The molecule has 0 aliphatic rings. The Hall–Kier alpha value is -2.83. The fourth-order valence-electron chi connectivity index (χ4n) is 1.75. The summed E-state index contributed by atoms with van der Waals surface area (Å²) in [5.74, 6) is -0.650. The number of nitrogens with zero attached hydrogens (tertiary/aromatic N) is 2. The van der Waals surface area contributed by atoms with Crippen molar-refractivity contribution in [3.05, 3.63) is 56.9 Å². The summed E-state index contributed by atoms with van der Waals surface area (Å²) in [6.07, 6.45) is 1.18. The zero-order chi connectivity index (χ0) is 14.9. The quantitative estimate of drug-likeness (QED) is 0.809. The number of aryl methyl sites for hydroxylation is 1. The first-order valence-corrected chi connectivity index (χ1v) is 5.77. The van der Waals surface area contributed by atoms with Gasteiger partial charge in [0.2, 0.25) is 0 Å². The second kappa shape index (κ2) is 5.04. The summed E-state index contributed by atoms with van der Waals surface area (Å²) in [6.45, 7) is 0. The molecule has 7 heteroatoms. The molecule has 104 valence electrons. The maximum absolute atomic E-state index is 12.0. The average molecular weight is 275 g/mol. The molecule has 0 aliphatic carbocycles. The van der Waals surface area contributed by atoms with Crippen molar-refractivity contribution >= 4 is 11.6 Å². The molecule has 0 radical (unpaired) electrons. The van der Waals surface area contributed by atoms with Gasteiger partial charge < -0.3 is 15.0 Å². The maximum Gasteiger partial charge on any atom is 0.330 e. The molecule has 1 aromatic carbocycles. The first-order valence-electron chi connectivity index (χ1n) is 5.77. The minimum absolute atomic E-state index is 0.00355. The highest BCUT2D eigenvalue weighted by Gasteiger charge is 2.14. The number of phenols is 1. The van der Waals surface area contributed by atoms with Crippen molar-refractivity contribution in [3.8, 4) is 5.75 Å². The van der Waals surface area contributed by atoms with Gasteiger partial charge in [0, 0.05) is 32.0 Å². The molecule has 20 heavy (non-hydrogen) atoms. The second-order valence-corrected chi connectivity index (χ2v) is 4.30. The Morgan fingerprint density at radius 1 is 1.25 bits per heavy atom. The number of phenolic OH excluding ortho intramolecular Hbond substituents is 1. The molecule has 1 aromatic heterocycles. The second-order valence-electron chi connectivity index (χ2n) is 4.30. The van der Waals surface area contributed by atoms with E-state index in [1.807, 2.05) is 0 Å². The molecule has 1 heterocycles. The van der Waals surface area contributed by atoms with Crippen molar-refractivity contribution in [2.24, 2.45) is 14.1 Å². The van der Waals surface area contributed by atoms with E-state index >= 15 is 0 Å². The molecule has 2 rings (SSSR count). The van der Waals surface area contributed by atoms with Crippen molar-refractivity contribution in [2.45, 2.75) is 0 Å². The molecule has 1 amide bonds. The molecule has 0 saturated carbocycles. The van der Waals surface area contributed by atoms with Crippen molar-refractivity contribution < 1.29 is 9.90 Å². The number of nitrogens with one attached hydrogen (secondary N) is 1. The van der Waals surface area contributed by atoms with Gasteiger partial charge in [-0.3, -0.25) is 14.2 Å². The summed E-state index contributed by atoms with van der Waals surface area (Å²) in [5, 5.41) is 11.8. The average Bonchev–Trinajstić information content (AvgIpc) is 2.40. The van der Waals surface area contributed by atoms with Crippen LogP contribution in [0.3, 0.4) is 0 Å². The highest BCUT2D eigenvalue weighted by Crippen LogP contribution is 2.15. The van der Waals surface area contributed by atoms with Gasteiger partial charge in [-0.2, -0.15) is 0 Å². The Kier molecular flexibility index (Phi) is 3.43. The van der Waals surface area contributed by atoms with Gasteiger partial charge >= 0.3 is 5.69 Å². The van der Waals surface area contributed by atoms with Gasteiger partial charge in [0.15, 0.2) is 0 Å². The van der Waals surface area contributed by atoms with E-state index in [-0.39, 0.29) is 11.3 Å². The molecule has 7 nitrogen and oxygen atoms in total. The Morgan fingerprint density at radius 3 is 2.60 bits per heavy atom. The van der Waals surface area contributed by atoms with Crippen LogP contribution in [0.25, 0.3) is 0 Å². The number of carbonyl (C=O) groups is 1. The molecule has 2 N–H and O–H groups in total. The summed E-state index contributed by atoms with van der Waals surface area (Å²) < 4.78 is 2.01. The predicted octanol–water partition coefficient (Wildman–Crippen LogP) is 0.0419. The van der Waals surface area contributed by atoms with Gasteiger partial charge in [-0.25, -0.2) is 4.79 Å². The summed E-state index contributed by atoms with van der Waals surface area (Å²) in [5.41, 5.74) is -0.987. The van der Waals surface area contributed by atoms with Crippen LogP contribution in [0, 0.1) is 0 Å². The third-order valence-corrected chi connectivity index (χ3v) is 2.80. The number of aromatic nitrogens is 2. The van der Waals surface area contributed by atoms with Crippen molar-refractivity contribution in [3.63, 3.8) is 0 Å². The van der Waals surface area contributed by atoms with E-state index in [9.17, 15) is 19.5 Å². The van der Waals surface area contributed by atoms with Crippen molar-refractivity contribution in [2.75, 3.05) is 5.32 Å². The minimum Gasteiger partial charge on any atom is -0.508 e. The van der Waals surface area contributed by atoms with E-state index in [2.05, 4.69) is 5.32 Å². The Balaban J connectivity index is 2.40. The lowest BCUT2D eigenvalue weighted by molar-refractivity contribution is 0.102. The van der Waals surface area contributed by atoms with E-state index in [0.717, 1.165) is 9.13 Å². The van der Waals surface area contributed by atoms with Crippen LogP contribution in [0.4, 0.5) is 5.69 Å². The minimum atomic E-state index is -0.675. The number of anilines is 1. The van der Waals surface area contributed by atoms with Crippen LogP contribution >= 0.6 is 0 Å². The van der Waals surface area contributed by atoms with Crippen LogP contribution in [0.15, 0.2) is 40.1 Å². The Labute approximate surface area is 113 Å². The van der Waals surface area contributed by atoms with Gasteiger partial charge in [0.05, 0.1) is 0 Å². The zero-order valence-corrected chi connectivity index (χ0v) is 11.0.